The number of carbonyl (C=O) groups is 2. The molecule has 0 rings (SSSR count). The number of carboxylic acids is 1. The van der Waals surface area contributed by atoms with Gasteiger partial charge in [-0.2, -0.15) is 0 Å². The van der Waals surface area contributed by atoms with Crippen molar-refractivity contribution in [3.05, 3.63) is 0 Å². The molecule has 0 spiro atoms. The Morgan fingerprint density at radius 3 is 1.70 bits per heavy atom. The van der Waals surface area contributed by atoms with Crippen LogP contribution in [0.3, 0.4) is 0 Å². The number of hydrogen-bond donors (Lipinski definition) is 2. The largest absolute Gasteiger partial charge is 0.480 e. The number of rotatable bonds is 8. The highest BCUT2D eigenvalue weighted by Crippen LogP contribution is 2.08. The first kappa shape index (κ1) is 18.7. The van der Waals surface area contributed by atoms with Gasteiger partial charge in [-0.1, -0.05) is 41.5 Å². The van der Waals surface area contributed by atoms with Crippen molar-refractivity contribution < 1.29 is 14.7 Å². The van der Waals surface area contributed by atoms with Crippen molar-refractivity contribution in [2.24, 2.45) is 17.8 Å². The zero-order chi connectivity index (χ0) is 15.9. The van der Waals surface area contributed by atoms with Crippen LogP contribution in [0.25, 0.3) is 0 Å². The monoisotopic (exact) mass is 286 g/mol. The summed E-state index contributed by atoms with van der Waals surface area (Å²) in [5.41, 5.74) is 0. The van der Waals surface area contributed by atoms with E-state index in [1.54, 1.807) is 4.90 Å². The Bertz CT molecular complexity index is 304. The van der Waals surface area contributed by atoms with Crippen molar-refractivity contribution in [1.29, 1.82) is 0 Å². The predicted octanol–water partition coefficient (Wildman–Crippen LogP) is 2.81. The molecule has 1 atom stereocenters. The van der Waals surface area contributed by atoms with E-state index in [-0.39, 0.29) is 11.9 Å². The maximum Gasteiger partial charge on any atom is 0.326 e. The van der Waals surface area contributed by atoms with Gasteiger partial charge in [0, 0.05) is 13.1 Å². The highest BCUT2D eigenvalue weighted by molar-refractivity contribution is 5.82. The highest BCUT2D eigenvalue weighted by Gasteiger charge is 2.24. The van der Waals surface area contributed by atoms with Crippen LogP contribution >= 0.6 is 0 Å². The molecule has 0 aromatic heterocycles. The van der Waals surface area contributed by atoms with Gasteiger partial charge in [0.25, 0.3) is 0 Å². The van der Waals surface area contributed by atoms with Crippen LogP contribution in [0.4, 0.5) is 4.79 Å². The van der Waals surface area contributed by atoms with E-state index < -0.39 is 12.0 Å². The van der Waals surface area contributed by atoms with E-state index in [4.69, 9.17) is 0 Å². The number of hydrogen-bond acceptors (Lipinski definition) is 2. The first-order chi connectivity index (χ1) is 9.13. The fourth-order valence-electron chi connectivity index (χ4n) is 2.06. The molecule has 0 aromatic carbocycles. The molecular weight excluding hydrogens is 256 g/mol. The minimum Gasteiger partial charge on any atom is -0.480 e. The first-order valence-electron chi connectivity index (χ1n) is 7.41. The summed E-state index contributed by atoms with van der Waals surface area (Å²) >= 11 is 0. The number of urea groups is 1. The second-order valence-electron chi connectivity index (χ2n) is 6.66. The van der Waals surface area contributed by atoms with Gasteiger partial charge >= 0.3 is 12.0 Å². The van der Waals surface area contributed by atoms with E-state index in [1.165, 1.54) is 0 Å². The van der Waals surface area contributed by atoms with Crippen LogP contribution in [0.5, 0.6) is 0 Å². The summed E-state index contributed by atoms with van der Waals surface area (Å²) in [5.74, 6) is -0.0399. The third kappa shape index (κ3) is 8.02. The zero-order valence-corrected chi connectivity index (χ0v) is 13.6. The zero-order valence-electron chi connectivity index (χ0n) is 13.6. The lowest BCUT2D eigenvalue weighted by Crippen LogP contribution is -2.50. The molecule has 0 aliphatic heterocycles. The van der Waals surface area contributed by atoms with Crippen LogP contribution in [0.15, 0.2) is 0 Å². The molecule has 0 aliphatic carbocycles. The van der Waals surface area contributed by atoms with E-state index in [9.17, 15) is 14.7 Å². The molecule has 2 N–H and O–H groups in total. The molecule has 0 aliphatic rings. The number of nitrogens with zero attached hydrogens (tertiary/aromatic N) is 1. The lowest BCUT2D eigenvalue weighted by atomic mass is 10.0. The molecular formula is C15H30N2O3. The van der Waals surface area contributed by atoms with Crippen molar-refractivity contribution in [3.63, 3.8) is 0 Å². The van der Waals surface area contributed by atoms with Crippen molar-refractivity contribution in [2.75, 3.05) is 13.1 Å². The van der Waals surface area contributed by atoms with Gasteiger partial charge in [0.15, 0.2) is 0 Å². The van der Waals surface area contributed by atoms with Crippen LogP contribution in [-0.4, -0.2) is 41.1 Å². The van der Waals surface area contributed by atoms with Crippen molar-refractivity contribution in [2.45, 2.75) is 54.0 Å². The Labute approximate surface area is 122 Å². The van der Waals surface area contributed by atoms with Gasteiger partial charge in [-0.3, -0.25) is 0 Å². The Morgan fingerprint density at radius 2 is 1.40 bits per heavy atom. The molecule has 0 unspecified atom stereocenters. The average molecular weight is 286 g/mol. The maximum absolute atomic E-state index is 12.3. The predicted molar refractivity (Wildman–Crippen MR) is 80.7 cm³/mol. The summed E-state index contributed by atoms with van der Waals surface area (Å²) < 4.78 is 0. The molecule has 0 aromatic rings. The van der Waals surface area contributed by atoms with Gasteiger partial charge in [0.2, 0.25) is 0 Å². The SMILES string of the molecule is CC(C)C[C@@H](NC(=O)N(CC(C)C)CC(C)C)C(=O)O. The van der Waals surface area contributed by atoms with Gasteiger partial charge in [-0.15, -0.1) is 0 Å². The molecule has 0 fully saturated rings. The minimum atomic E-state index is -0.971. The minimum absolute atomic E-state index is 0.222. The summed E-state index contributed by atoms with van der Waals surface area (Å²) in [6.45, 7) is 13.3. The number of amides is 2. The second kappa shape index (κ2) is 8.82. The van der Waals surface area contributed by atoms with Crippen molar-refractivity contribution in [1.82, 2.24) is 10.2 Å². The molecule has 0 bridgehead atoms. The van der Waals surface area contributed by atoms with Crippen LogP contribution in [0.1, 0.15) is 48.0 Å². The van der Waals surface area contributed by atoms with Gasteiger partial charge in [-0.05, 0) is 24.2 Å². The highest BCUT2D eigenvalue weighted by atomic mass is 16.4. The molecule has 20 heavy (non-hydrogen) atoms. The van der Waals surface area contributed by atoms with E-state index in [1.807, 2.05) is 41.5 Å². The third-order valence-electron chi connectivity index (χ3n) is 2.76. The quantitative estimate of drug-likeness (QED) is 0.721. The summed E-state index contributed by atoms with van der Waals surface area (Å²) in [6, 6.07) is -1.09. The van der Waals surface area contributed by atoms with Crippen molar-refractivity contribution in [3.8, 4) is 0 Å². The summed E-state index contributed by atoms with van der Waals surface area (Å²) in [6.07, 6.45) is 0.443. The van der Waals surface area contributed by atoms with E-state index >= 15 is 0 Å². The van der Waals surface area contributed by atoms with Gasteiger partial charge in [0.1, 0.15) is 6.04 Å². The fourth-order valence-corrected chi connectivity index (χ4v) is 2.06. The van der Waals surface area contributed by atoms with Crippen LogP contribution in [-0.2, 0) is 4.79 Å². The molecule has 0 saturated heterocycles. The smallest absolute Gasteiger partial charge is 0.326 e. The average Bonchev–Trinajstić information content (AvgIpc) is 2.24. The summed E-state index contributed by atoms with van der Waals surface area (Å²) in [7, 11) is 0. The van der Waals surface area contributed by atoms with Crippen LogP contribution in [0.2, 0.25) is 0 Å². The topological polar surface area (TPSA) is 69.6 Å². The summed E-state index contributed by atoms with van der Waals surface area (Å²) in [4.78, 5) is 25.2. The maximum atomic E-state index is 12.3. The Morgan fingerprint density at radius 1 is 0.950 bits per heavy atom. The fraction of sp³-hybridized carbons (Fsp3) is 0.867. The number of carboxylic acid groups (broad SMARTS) is 1. The van der Waals surface area contributed by atoms with Crippen LogP contribution in [0, 0.1) is 17.8 Å². The Kier molecular flexibility index (Phi) is 8.26. The molecule has 0 saturated carbocycles. The van der Waals surface area contributed by atoms with E-state index in [0.717, 1.165) is 0 Å². The molecule has 0 radical (unpaired) electrons. The van der Waals surface area contributed by atoms with E-state index in [2.05, 4.69) is 5.32 Å². The first-order valence-corrected chi connectivity index (χ1v) is 7.41. The third-order valence-corrected chi connectivity index (χ3v) is 2.76. The molecule has 0 heterocycles. The number of nitrogens with one attached hydrogen (secondary N) is 1. The molecule has 2 amide bonds. The molecule has 5 nitrogen and oxygen atoms in total. The van der Waals surface area contributed by atoms with Crippen molar-refractivity contribution >= 4 is 12.0 Å². The molecule has 5 heteroatoms. The van der Waals surface area contributed by atoms with E-state index in [0.29, 0.717) is 31.3 Å². The second-order valence-corrected chi connectivity index (χ2v) is 6.66. The number of carbonyl (C=O) groups excluding carboxylic acids is 1. The van der Waals surface area contributed by atoms with Gasteiger partial charge in [0.05, 0.1) is 0 Å². The van der Waals surface area contributed by atoms with Crippen LogP contribution < -0.4 is 5.32 Å². The lowest BCUT2D eigenvalue weighted by molar-refractivity contribution is -0.139. The lowest BCUT2D eigenvalue weighted by Gasteiger charge is -2.28. The molecule has 118 valence electrons. The standard InChI is InChI=1S/C15H30N2O3/c1-10(2)7-13(14(18)19)16-15(20)17(8-11(3)4)9-12(5)6/h10-13H,7-9H2,1-6H3,(H,16,20)(H,18,19)/t13-/m1/s1. The summed E-state index contributed by atoms with van der Waals surface area (Å²) in [5, 5.41) is 11.8. The number of aliphatic carboxylic acids is 1. The normalized spacial score (nSPS) is 12.8. The Hall–Kier alpha value is -1.26. The van der Waals surface area contributed by atoms with Gasteiger partial charge in [-0.25, -0.2) is 9.59 Å². The Balaban J connectivity index is 4.73. The van der Waals surface area contributed by atoms with Gasteiger partial charge < -0.3 is 15.3 Å².